The summed E-state index contributed by atoms with van der Waals surface area (Å²) in [6, 6.07) is 0. The zero-order valence-corrected chi connectivity index (χ0v) is 43.9. The van der Waals surface area contributed by atoms with Gasteiger partial charge in [0.1, 0.15) is 19.3 Å². The number of phosphoric acid groups is 1. The fourth-order valence-electron chi connectivity index (χ4n) is 7.70. The summed E-state index contributed by atoms with van der Waals surface area (Å²) in [5, 5.41) is 0. The topological polar surface area (TPSA) is 91.3 Å². The van der Waals surface area contributed by atoms with E-state index in [4.69, 9.17) is 18.5 Å². The number of hydrogen-bond acceptors (Lipinski definition) is 6. The molecule has 0 aromatic heterocycles. The molecule has 9 heteroatoms. The second-order valence-electron chi connectivity index (χ2n) is 19.6. The Kier molecular flexibility index (Phi) is 47.2. The maximum atomic E-state index is 12.8. The average Bonchev–Trinajstić information content (AvgIpc) is 3.25. The van der Waals surface area contributed by atoms with E-state index < -0.39 is 13.9 Å². The summed E-state index contributed by atoms with van der Waals surface area (Å²) in [4.78, 5) is 23.0. The van der Waals surface area contributed by atoms with Crippen molar-refractivity contribution in [3.63, 3.8) is 0 Å². The first-order chi connectivity index (χ1) is 31.1. The van der Waals surface area contributed by atoms with E-state index >= 15 is 0 Å². The van der Waals surface area contributed by atoms with Gasteiger partial charge in [0.25, 0.3) is 0 Å². The fraction of sp³-hybridized carbons (Fsp3) is 0.873. The van der Waals surface area contributed by atoms with Gasteiger partial charge in [0.2, 0.25) is 0 Å². The highest BCUT2D eigenvalue weighted by Crippen LogP contribution is 2.43. The lowest BCUT2D eigenvalue weighted by atomic mass is 10.0. The van der Waals surface area contributed by atoms with Gasteiger partial charge in [0.05, 0.1) is 34.4 Å². The molecule has 1 N–H and O–H groups in total. The molecular formula is C55H107NO7P+. The third kappa shape index (κ3) is 51.7. The van der Waals surface area contributed by atoms with Crippen molar-refractivity contribution in [3.8, 4) is 0 Å². The lowest BCUT2D eigenvalue weighted by Crippen LogP contribution is -2.37. The van der Waals surface area contributed by atoms with Gasteiger partial charge in [-0.05, 0) is 70.6 Å². The number of likely N-dealkylation sites (N-methyl/N-ethyl adjacent to an activating group) is 1. The third-order valence-corrected chi connectivity index (χ3v) is 12.9. The van der Waals surface area contributed by atoms with E-state index in [1.807, 2.05) is 21.1 Å². The molecule has 0 aliphatic carbocycles. The predicted molar refractivity (Wildman–Crippen MR) is 275 cm³/mol. The Bertz CT molecular complexity index is 1120. The third-order valence-electron chi connectivity index (χ3n) is 11.9. The number of rotatable bonds is 51. The summed E-state index contributed by atoms with van der Waals surface area (Å²) in [5.74, 6) is -0.314. The standard InChI is InChI=1S/C55H106NO7P/c1-6-8-10-12-14-16-18-20-22-24-25-26-27-28-29-30-31-32-34-36-38-40-42-44-46-48-55(57)63-54(53-62-64(58,59)61-51-49-56(3,4)5)52-60-50-47-45-43-41-39-37-35-33-23-21-19-17-15-13-11-9-7-2/h17,19,23-25,33,54H,6-16,18,20-22,26-32,34-53H2,1-5H3/p+1/b19-17-,25-24-,33-23-. The Morgan fingerprint density at radius 1 is 0.484 bits per heavy atom. The van der Waals surface area contributed by atoms with E-state index in [2.05, 4.69) is 50.3 Å². The number of esters is 1. The van der Waals surface area contributed by atoms with E-state index in [0.29, 0.717) is 24.1 Å². The molecule has 378 valence electrons. The van der Waals surface area contributed by atoms with Crippen molar-refractivity contribution >= 4 is 13.8 Å². The van der Waals surface area contributed by atoms with Gasteiger partial charge < -0.3 is 18.9 Å². The van der Waals surface area contributed by atoms with Crippen molar-refractivity contribution in [2.75, 3.05) is 54.1 Å². The second-order valence-corrected chi connectivity index (χ2v) is 21.1. The molecule has 0 aromatic carbocycles. The summed E-state index contributed by atoms with van der Waals surface area (Å²) in [6.07, 6.45) is 59.1. The fourth-order valence-corrected chi connectivity index (χ4v) is 8.44. The van der Waals surface area contributed by atoms with Gasteiger partial charge in [-0.15, -0.1) is 0 Å². The highest BCUT2D eigenvalue weighted by Gasteiger charge is 2.26. The quantitative estimate of drug-likeness (QED) is 0.0214. The number of ether oxygens (including phenoxy) is 2. The number of hydrogen-bond donors (Lipinski definition) is 1. The minimum atomic E-state index is -4.28. The van der Waals surface area contributed by atoms with Crippen LogP contribution in [0.4, 0.5) is 0 Å². The van der Waals surface area contributed by atoms with Crippen molar-refractivity contribution < 1.29 is 37.3 Å². The molecule has 0 fully saturated rings. The van der Waals surface area contributed by atoms with Crippen LogP contribution < -0.4 is 0 Å². The largest absolute Gasteiger partial charge is 0.472 e. The van der Waals surface area contributed by atoms with Gasteiger partial charge in [0.15, 0.2) is 0 Å². The van der Waals surface area contributed by atoms with Gasteiger partial charge in [-0.25, -0.2) is 4.57 Å². The molecule has 0 aliphatic heterocycles. The minimum absolute atomic E-state index is 0.0870. The Morgan fingerprint density at radius 3 is 1.30 bits per heavy atom. The lowest BCUT2D eigenvalue weighted by molar-refractivity contribution is -0.870. The van der Waals surface area contributed by atoms with Crippen molar-refractivity contribution in [3.05, 3.63) is 36.5 Å². The van der Waals surface area contributed by atoms with E-state index in [-0.39, 0.29) is 25.8 Å². The van der Waals surface area contributed by atoms with Crippen molar-refractivity contribution in [1.29, 1.82) is 0 Å². The van der Waals surface area contributed by atoms with Crippen molar-refractivity contribution in [2.24, 2.45) is 0 Å². The Labute approximate surface area is 397 Å². The van der Waals surface area contributed by atoms with Crippen LogP contribution in [0.3, 0.4) is 0 Å². The summed E-state index contributed by atoms with van der Waals surface area (Å²) in [5.41, 5.74) is 0. The summed E-state index contributed by atoms with van der Waals surface area (Å²) < 4.78 is 35.2. The minimum Gasteiger partial charge on any atom is -0.457 e. The molecule has 64 heavy (non-hydrogen) atoms. The maximum absolute atomic E-state index is 12.8. The normalized spacial score (nSPS) is 13.8. The average molecular weight is 925 g/mol. The van der Waals surface area contributed by atoms with Gasteiger partial charge in [0, 0.05) is 13.0 Å². The zero-order chi connectivity index (χ0) is 46.9. The summed E-state index contributed by atoms with van der Waals surface area (Å²) in [6.45, 7) is 5.62. The Morgan fingerprint density at radius 2 is 0.859 bits per heavy atom. The monoisotopic (exact) mass is 925 g/mol. The van der Waals surface area contributed by atoms with Crippen molar-refractivity contribution in [2.45, 2.75) is 258 Å². The first-order valence-corrected chi connectivity index (χ1v) is 28.7. The zero-order valence-electron chi connectivity index (χ0n) is 43.0. The van der Waals surface area contributed by atoms with Crippen LogP contribution in [0.25, 0.3) is 0 Å². The number of unbranched alkanes of at least 4 members (excludes halogenated alkanes) is 31. The molecule has 0 aromatic rings. The van der Waals surface area contributed by atoms with Gasteiger partial charge in [-0.3, -0.25) is 13.8 Å². The number of quaternary nitrogens is 1. The molecule has 0 aliphatic rings. The second kappa shape index (κ2) is 48.2. The first kappa shape index (κ1) is 62.7. The summed E-state index contributed by atoms with van der Waals surface area (Å²) in [7, 11) is 1.67. The SMILES string of the molecule is CCCCCC/C=C\C/C=C\CCCCCCCCOCC(COP(=O)(O)OCC[N+](C)(C)C)OC(=O)CCCCCCCCCCCCCCC/C=C\CCCCCCCCCC. The van der Waals surface area contributed by atoms with Gasteiger partial charge in [-0.1, -0.05) is 211 Å². The smallest absolute Gasteiger partial charge is 0.457 e. The molecule has 0 spiro atoms. The molecule has 8 nitrogen and oxygen atoms in total. The van der Waals surface area contributed by atoms with Crippen LogP contribution >= 0.6 is 7.82 Å². The lowest BCUT2D eigenvalue weighted by Gasteiger charge is -2.24. The van der Waals surface area contributed by atoms with E-state index in [1.165, 1.54) is 186 Å². The highest BCUT2D eigenvalue weighted by molar-refractivity contribution is 7.47. The van der Waals surface area contributed by atoms with E-state index in [9.17, 15) is 14.3 Å². The Balaban J connectivity index is 4.08. The van der Waals surface area contributed by atoms with E-state index in [0.717, 1.165) is 44.9 Å². The molecule has 2 atom stereocenters. The molecule has 0 heterocycles. The van der Waals surface area contributed by atoms with Crippen LogP contribution in [0, 0.1) is 0 Å². The molecule has 0 amide bonds. The van der Waals surface area contributed by atoms with Gasteiger partial charge in [-0.2, -0.15) is 0 Å². The van der Waals surface area contributed by atoms with Crippen LogP contribution in [0.15, 0.2) is 36.5 Å². The molecule has 0 saturated heterocycles. The van der Waals surface area contributed by atoms with Crippen LogP contribution in [0.5, 0.6) is 0 Å². The molecule has 0 bridgehead atoms. The van der Waals surface area contributed by atoms with Crippen LogP contribution in [-0.4, -0.2) is 75.6 Å². The van der Waals surface area contributed by atoms with E-state index in [1.54, 1.807) is 0 Å². The van der Waals surface area contributed by atoms with Crippen LogP contribution in [0.1, 0.15) is 251 Å². The van der Waals surface area contributed by atoms with Gasteiger partial charge >= 0.3 is 13.8 Å². The molecule has 0 radical (unpaired) electrons. The summed E-state index contributed by atoms with van der Waals surface area (Å²) >= 11 is 0. The number of nitrogens with zero attached hydrogens (tertiary/aromatic N) is 1. The Hall–Kier alpha value is -1.28. The van der Waals surface area contributed by atoms with Crippen molar-refractivity contribution in [1.82, 2.24) is 0 Å². The molecule has 0 saturated carbocycles. The number of carbonyl (C=O) groups is 1. The van der Waals surface area contributed by atoms with Crippen LogP contribution in [0.2, 0.25) is 0 Å². The number of carbonyl (C=O) groups excluding carboxylic acids is 1. The molecule has 0 rings (SSSR count). The molecular weight excluding hydrogens is 818 g/mol. The highest BCUT2D eigenvalue weighted by atomic mass is 31.2. The number of phosphoric ester groups is 1. The predicted octanol–water partition coefficient (Wildman–Crippen LogP) is 16.9. The number of allylic oxidation sites excluding steroid dienone is 6. The van der Waals surface area contributed by atoms with Crippen LogP contribution in [-0.2, 0) is 27.9 Å². The first-order valence-electron chi connectivity index (χ1n) is 27.2. The maximum Gasteiger partial charge on any atom is 0.472 e. The molecule has 2 unspecified atom stereocenters.